The van der Waals surface area contributed by atoms with Crippen LogP contribution < -0.4 is 10.9 Å². The Balaban J connectivity index is 1.49. The van der Waals surface area contributed by atoms with E-state index < -0.39 is 23.2 Å². The molecule has 1 aliphatic carbocycles. The molecule has 5 rings (SSSR count). The summed E-state index contributed by atoms with van der Waals surface area (Å²) in [5.41, 5.74) is 2.12. The molecule has 0 spiro atoms. The van der Waals surface area contributed by atoms with Crippen LogP contribution in [0.5, 0.6) is 0 Å². The minimum atomic E-state index is -4.43. The number of nitrogens with one attached hydrogen (secondary N) is 1. The Morgan fingerprint density at radius 3 is 2.76 bits per heavy atom. The first-order valence-corrected chi connectivity index (χ1v) is 10.9. The highest BCUT2D eigenvalue weighted by atomic mass is 19.4. The van der Waals surface area contributed by atoms with Crippen molar-refractivity contribution in [1.29, 1.82) is 0 Å². The fraction of sp³-hybridized carbons (Fsp3) is 0.240. The van der Waals surface area contributed by atoms with E-state index in [0.717, 1.165) is 35.5 Å². The lowest BCUT2D eigenvalue weighted by Gasteiger charge is -2.25. The third-order valence-electron chi connectivity index (χ3n) is 6.20. The number of alkyl halides is 3. The first-order chi connectivity index (χ1) is 16.2. The number of carbonyl (C=O) groups excluding carboxylic acids is 1. The number of pyridine rings is 1. The summed E-state index contributed by atoms with van der Waals surface area (Å²) >= 11 is 0. The molecule has 174 valence electrons. The zero-order chi connectivity index (χ0) is 24.0. The minimum absolute atomic E-state index is 0.0649. The van der Waals surface area contributed by atoms with Crippen LogP contribution >= 0.6 is 0 Å². The van der Waals surface area contributed by atoms with Gasteiger partial charge in [-0.2, -0.15) is 13.2 Å². The molecule has 0 unspecified atom stereocenters. The maximum Gasteiger partial charge on any atom is 0.416 e. The van der Waals surface area contributed by atoms with Gasteiger partial charge in [-0.25, -0.2) is 4.98 Å². The molecule has 3 heterocycles. The van der Waals surface area contributed by atoms with Crippen LogP contribution in [0.15, 0.2) is 65.7 Å². The molecule has 34 heavy (non-hydrogen) atoms. The van der Waals surface area contributed by atoms with E-state index in [-0.39, 0.29) is 11.6 Å². The number of carbonyl (C=O) groups is 1. The molecule has 9 heteroatoms. The molecular weight excluding hydrogens is 445 g/mol. The van der Waals surface area contributed by atoms with Gasteiger partial charge in [0.15, 0.2) is 0 Å². The summed E-state index contributed by atoms with van der Waals surface area (Å²) in [6, 6.07) is 11.9. The fourth-order valence-corrected chi connectivity index (χ4v) is 4.65. The highest BCUT2D eigenvalue weighted by molar-refractivity contribution is 5.94. The molecule has 1 aliphatic rings. The van der Waals surface area contributed by atoms with Crippen molar-refractivity contribution in [2.75, 3.05) is 0 Å². The average molecular weight is 466 g/mol. The van der Waals surface area contributed by atoms with Crippen molar-refractivity contribution in [3.63, 3.8) is 0 Å². The van der Waals surface area contributed by atoms with Gasteiger partial charge in [-0.1, -0.05) is 12.1 Å². The summed E-state index contributed by atoms with van der Waals surface area (Å²) in [6.07, 6.45) is 0.471. The van der Waals surface area contributed by atoms with Crippen LogP contribution in [0.2, 0.25) is 0 Å². The minimum Gasteiger partial charge on any atom is -0.345 e. The molecule has 1 amide bonds. The lowest BCUT2D eigenvalue weighted by atomic mass is 9.92. The Hall–Kier alpha value is -3.88. The van der Waals surface area contributed by atoms with E-state index in [0.29, 0.717) is 24.2 Å². The van der Waals surface area contributed by atoms with Gasteiger partial charge in [0.05, 0.1) is 11.6 Å². The molecule has 1 N–H and O–H groups in total. The number of rotatable bonds is 3. The second-order valence-electron chi connectivity index (χ2n) is 8.40. The Labute approximate surface area is 192 Å². The lowest BCUT2D eigenvalue weighted by molar-refractivity contribution is -0.137. The van der Waals surface area contributed by atoms with E-state index in [9.17, 15) is 22.8 Å². The number of fused-ring (bicyclic) bond motifs is 2. The quantitative estimate of drug-likeness (QED) is 0.479. The second-order valence-corrected chi connectivity index (χ2v) is 8.40. The van der Waals surface area contributed by atoms with E-state index in [1.807, 2.05) is 17.6 Å². The molecule has 1 atom stereocenters. The topological polar surface area (TPSA) is 68.4 Å². The molecule has 0 saturated heterocycles. The molecular formula is C25H21F3N4O2. The van der Waals surface area contributed by atoms with E-state index >= 15 is 0 Å². The molecule has 4 aromatic rings. The molecule has 6 nitrogen and oxygen atoms in total. The number of hydrogen-bond donors (Lipinski definition) is 1. The first-order valence-electron chi connectivity index (χ1n) is 10.9. The fourth-order valence-electron chi connectivity index (χ4n) is 4.65. The Morgan fingerprint density at radius 1 is 1.15 bits per heavy atom. The van der Waals surface area contributed by atoms with Gasteiger partial charge in [0.25, 0.3) is 11.5 Å². The third-order valence-corrected chi connectivity index (χ3v) is 6.20. The van der Waals surface area contributed by atoms with Crippen molar-refractivity contribution in [1.82, 2.24) is 19.3 Å². The highest BCUT2D eigenvalue weighted by Crippen LogP contribution is 2.36. The van der Waals surface area contributed by atoms with Crippen molar-refractivity contribution in [2.24, 2.45) is 0 Å². The van der Waals surface area contributed by atoms with Crippen LogP contribution in [-0.4, -0.2) is 19.9 Å². The van der Waals surface area contributed by atoms with E-state index in [4.69, 9.17) is 0 Å². The molecule has 1 aromatic carbocycles. The number of amides is 1. The summed E-state index contributed by atoms with van der Waals surface area (Å²) in [7, 11) is 0. The number of nitrogens with zero attached hydrogens (tertiary/aromatic N) is 3. The van der Waals surface area contributed by atoms with Crippen molar-refractivity contribution < 1.29 is 18.0 Å². The van der Waals surface area contributed by atoms with E-state index in [2.05, 4.69) is 10.3 Å². The van der Waals surface area contributed by atoms with Crippen LogP contribution in [0.3, 0.4) is 0 Å². The number of hydrogen-bond acceptors (Lipinski definition) is 3. The van der Waals surface area contributed by atoms with Crippen LogP contribution in [0.1, 0.15) is 51.8 Å². The molecule has 0 aliphatic heterocycles. The van der Waals surface area contributed by atoms with Gasteiger partial charge in [0.2, 0.25) is 0 Å². The summed E-state index contributed by atoms with van der Waals surface area (Å²) in [4.78, 5) is 30.0. The number of benzene rings is 1. The average Bonchev–Trinajstić information content (AvgIpc) is 3.16. The van der Waals surface area contributed by atoms with Crippen LogP contribution in [-0.2, 0) is 12.6 Å². The molecule has 0 radical (unpaired) electrons. The van der Waals surface area contributed by atoms with Gasteiger partial charge in [-0.3, -0.25) is 14.0 Å². The van der Waals surface area contributed by atoms with Gasteiger partial charge >= 0.3 is 6.18 Å². The van der Waals surface area contributed by atoms with Gasteiger partial charge in [0, 0.05) is 29.5 Å². The zero-order valence-corrected chi connectivity index (χ0v) is 18.3. The third kappa shape index (κ3) is 3.76. The van der Waals surface area contributed by atoms with Gasteiger partial charge in [-0.15, -0.1) is 0 Å². The van der Waals surface area contributed by atoms with E-state index in [1.165, 1.54) is 16.7 Å². The highest BCUT2D eigenvalue weighted by Gasteiger charge is 2.32. The standard InChI is InChI=1S/C25H21F3N4O2/c1-15-12-18-20(30-23(33)19-14-29-22-10-2-3-11-31(22)24(19)34)8-5-9-21(18)32(15)17-7-4-6-16(13-17)25(26,27)28/h2-4,6-7,10-14,20H,5,8-9H2,1H3,(H,30,33)/t20-/m1/s1. The summed E-state index contributed by atoms with van der Waals surface area (Å²) < 4.78 is 42.9. The Morgan fingerprint density at radius 2 is 1.97 bits per heavy atom. The smallest absolute Gasteiger partial charge is 0.345 e. The second kappa shape index (κ2) is 8.16. The SMILES string of the molecule is Cc1cc2c(n1-c1cccc(C(F)(F)F)c1)CCC[C@H]2NC(=O)c1cnc2ccccn2c1=O. The molecule has 0 fully saturated rings. The summed E-state index contributed by atoms with van der Waals surface area (Å²) in [5, 5.41) is 2.94. The number of halogens is 3. The summed E-state index contributed by atoms with van der Waals surface area (Å²) in [6.45, 7) is 1.83. The Kier molecular flexibility index (Phi) is 5.27. The predicted octanol–water partition coefficient (Wildman–Crippen LogP) is 4.62. The Bertz CT molecular complexity index is 1470. The van der Waals surface area contributed by atoms with Crippen molar-refractivity contribution >= 4 is 11.6 Å². The van der Waals surface area contributed by atoms with Crippen molar-refractivity contribution in [3.8, 4) is 5.69 Å². The van der Waals surface area contributed by atoms with Crippen LogP contribution in [0, 0.1) is 6.92 Å². The van der Waals surface area contributed by atoms with Crippen molar-refractivity contribution in [3.05, 3.63) is 99.4 Å². The molecule has 0 saturated carbocycles. The van der Waals surface area contributed by atoms with Crippen molar-refractivity contribution in [2.45, 2.75) is 38.4 Å². The predicted molar refractivity (Wildman–Crippen MR) is 120 cm³/mol. The molecule has 0 bridgehead atoms. The van der Waals surface area contributed by atoms with Gasteiger partial charge in [0.1, 0.15) is 11.2 Å². The van der Waals surface area contributed by atoms with Gasteiger partial charge < -0.3 is 9.88 Å². The zero-order valence-electron chi connectivity index (χ0n) is 18.3. The van der Waals surface area contributed by atoms with Crippen LogP contribution in [0.4, 0.5) is 13.2 Å². The van der Waals surface area contributed by atoms with E-state index in [1.54, 1.807) is 30.5 Å². The van der Waals surface area contributed by atoms with Crippen LogP contribution in [0.25, 0.3) is 11.3 Å². The number of aromatic nitrogens is 3. The normalized spacial score (nSPS) is 15.8. The maximum atomic E-state index is 13.3. The molecule has 3 aromatic heterocycles. The maximum absolute atomic E-state index is 13.3. The largest absolute Gasteiger partial charge is 0.416 e. The first kappa shape index (κ1) is 21.9. The number of aryl methyl sites for hydroxylation is 1. The summed E-state index contributed by atoms with van der Waals surface area (Å²) in [5.74, 6) is -0.530. The van der Waals surface area contributed by atoms with Gasteiger partial charge in [-0.05, 0) is 68.1 Å². The monoisotopic (exact) mass is 466 g/mol. The lowest BCUT2D eigenvalue weighted by Crippen LogP contribution is -2.35.